The van der Waals surface area contributed by atoms with Gasteiger partial charge in [0.05, 0.1) is 11.2 Å². The summed E-state index contributed by atoms with van der Waals surface area (Å²) < 4.78 is 13.5. The fourth-order valence-corrected chi connectivity index (χ4v) is 1.83. The van der Waals surface area contributed by atoms with Crippen LogP contribution in [0.25, 0.3) is 0 Å². The van der Waals surface area contributed by atoms with Crippen LogP contribution in [0.2, 0.25) is 0 Å². The predicted molar refractivity (Wildman–Crippen MR) is 71.8 cm³/mol. The van der Waals surface area contributed by atoms with Gasteiger partial charge < -0.3 is 15.0 Å². The summed E-state index contributed by atoms with van der Waals surface area (Å²) in [6.45, 7) is 8.49. The number of hydrogen-bond donors (Lipinski definition) is 1. The number of aromatic nitrogens is 2. The maximum Gasteiger partial charge on any atom is 0.498 e. The molecule has 1 amide bonds. The first-order valence-corrected chi connectivity index (χ1v) is 6.37. The Morgan fingerprint density at radius 3 is 2.47 bits per heavy atom. The number of carbonyl (C=O) groups excluding carboxylic acids is 1. The molecule has 0 aromatic carbocycles. The third kappa shape index (κ3) is 2.82. The Labute approximate surface area is 113 Å². The molecule has 104 valence electrons. The van der Waals surface area contributed by atoms with Crippen LogP contribution in [0.5, 0.6) is 0 Å². The van der Waals surface area contributed by atoms with Crippen LogP contribution in [0.3, 0.4) is 0 Å². The summed E-state index contributed by atoms with van der Waals surface area (Å²) >= 11 is 0. The van der Waals surface area contributed by atoms with E-state index in [4.69, 9.17) is 15.0 Å². The highest BCUT2D eigenvalue weighted by Crippen LogP contribution is 2.36. The molecule has 1 fully saturated rings. The minimum Gasteiger partial charge on any atom is -0.399 e. The van der Waals surface area contributed by atoms with E-state index in [2.05, 4.69) is 5.10 Å². The number of rotatable bonds is 4. The van der Waals surface area contributed by atoms with Crippen LogP contribution in [0.15, 0.2) is 12.4 Å². The van der Waals surface area contributed by atoms with Gasteiger partial charge in [-0.1, -0.05) is 0 Å². The molecule has 0 radical (unpaired) electrons. The van der Waals surface area contributed by atoms with Crippen LogP contribution in [0, 0.1) is 0 Å². The lowest BCUT2D eigenvalue weighted by Crippen LogP contribution is -2.41. The largest absolute Gasteiger partial charge is 0.498 e. The Kier molecular flexibility index (Phi) is 3.44. The highest BCUT2D eigenvalue weighted by atomic mass is 16.7. The summed E-state index contributed by atoms with van der Waals surface area (Å²) in [5.74, 6) is -0.340. The van der Waals surface area contributed by atoms with Gasteiger partial charge in [-0.25, -0.2) is 0 Å². The van der Waals surface area contributed by atoms with Gasteiger partial charge in [0.1, 0.15) is 0 Å². The molecule has 19 heavy (non-hydrogen) atoms. The van der Waals surface area contributed by atoms with Gasteiger partial charge in [0.2, 0.25) is 5.91 Å². The highest BCUT2D eigenvalue weighted by Gasteiger charge is 2.52. The van der Waals surface area contributed by atoms with Crippen molar-refractivity contribution in [3.63, 3.8) is 0 Å². The summed E-state index contributed by atoms with van der Waals surface area (Å²) in [6, 6.07) is 0. The second-order valence-electron chi connectivity index (χ2n) is 5.84. The predicted octanol–water partition coefficient (Wildman–Crippen LogP) is 0.0577. The van der Waals surface area contributed by atoms with E-state index in [9.17, 15) is 4.79 Å². The Hall–Kier alpha value is -1.34. The summed E-state index contributed by atoms with van der Waals surface area (Å²) in [4.78, 5) is 10.7. The van der Waals surface area contributed by atoms with Crippen molar-refractivity contribution in [2.45, 2.75) is 51.9 Å². The summed E-state index contributed by atoms with van der Waals surface area (Å²) in [5, 5.41) is 4.18. The van der Waals surface area contributed by atoms with Gasteiger partial charge >= 0.3 is 7.12 Å². The number of amides is 1. The topological polar surface area (TPSA) is 79.4 Å². The second kappa shape index (κ2) is 4.65. The molecule has 6 nitrogen and oxygen atoms in total. The molecule has 2 heterocycles. The molecule has 0 spiro atoms. The molecule has 1 aliphatic heterocycles. The molecule has 1 aliphatic rings. The zero-order valence-electron chi connectivity index (χ0n) is 11.8. The SMILES string of the molecule is CC1(C)OB(c2cnn(CCC(N)=O)c2)OC1(C)C. The maximum atomic E-state index is 10.7. The lowest BCUT2D eigenvalue weighted by molar-refractivity contribution is -0.118. The third-order valence-electron chi connectivity index (χ3n) is 3.77. The van der Waals surface area contributed by atoms with Crippen molar-refractivity contribution >= 4 is 18.5 Å². The monoisotopic (exact) mass is 265 g/mol. The molecule has 0 atom stereocenters. The van der Waals surface area contributed by atoms with Crippen molar-refractivity contribution in [1.82, 2.24) is 9.78 Å². The van der Waals surface area contributed by atoms with Crippen molar-refractivity contribution in [1.29, 1.82) is 0 Å². The number of carbonyl (C=O) groups is 1. The molecule has 1 aromatic heterocycles. The Morgan fingerprint density at radius 1 is 1.37 bits per heavy atom. The second-order valence-corrected chi connectivity index (χ2v) is 5.84. The zero-order chi connectivity index (χ0) is 14.3. The molecule has 0 unspecified atom stereocenters. The molecule has 7 heteroatoms. The van der Waals surface area contributed by atoms with E-state index in [0.717, 1.165) is 5.46 Å². The van der Waals surface area contributed by atoms with E-state index in [1.165, 1.54) is 0 Å². The summed E-state index contributed by atoms with van der Waals surface area (Å²) in [7, 11) is -0.424. The normalized spacial score (nSPS) is 20.7. The van der Waals surface area contributed by atoms with Gasteiger partial charge in [0, 0.05) is 30.8 Å². The van der Waals surface area contributed by atoms with Gasteiger partial charge in [-0.05, 0) is 27.7 Å². The first-order chi connectivity index (χ1) is 8.71. The van der Waals surface area contributed by atoms with E-state index in [1.807, 2.05) is 33.9 Å². The molecule has 0 bridgehead atoms. The van der Waals surface area contributed by atoms with Gasteiger partial charge in [0.25, 0.3) is 0 Å². The number of aryl methyl sites for hydroxylation is 1. The molecule has 2 N–H and O–H groups in total. The molecular weight excluding hydrogens is 245 g/mol. The Morgan fingerprint density at radius 2 is 1.95 bits per heavy atom. The van der Waals surface area contributed by atoms with Crippen molar-refractivity contribution in [2.75, 3.05) is 0 Å². The van der Waals surface area contributed by atoms with E-state index in [0.29, 0.717) is 6.54 Å². The van der Waals surface area contributed by atoms with Crippen molar-refractivity contribution in [3.05, 3.63) is 12.4 Å². The van der Waals surface area contributed by atoms with Crippen LogP contribution in [0.4, 0.5) is 0 Å². The zero-order valence-corrected chi connectivity index (χ0v) is 11.8. The molecular formula is C12H20BN3O3. The summed E-state index contributed by atoms with van der Waals surface area (Å²) in [6.07, 6.45) is 3.79. The van der Waals surface area contributed by atoms with E-state index in [1.54, 1.807) is 10.9 Å². The number of nitrogens with zero attached hydrogens (tertiary/aromatic N) is 2. The smallest absolute Gasteiger partial charge is 0.399 e. The Balaban J connectivity index is 2.06. The molecule has 0 saturated carbocycles. The van der Waals surface area contributed by atoms with Crippen molar-refractivity contribution in [3.8, 4) is 0 Å². The fraction of sp³-hybridized carbons (Fsp3) is 0.667. The molecule has 2 rings (SSSR count). The van der Waals surface area contributed by atoms with Crippen LogP contribution in [0.1, 0.15) is 34.1 Å². The maximum absolute atomic E-state index is 10.7. The highest BCUT2D eigenvalue weighted by molar-refractivity contribution is 6.61. The van der Waals surface area contributed by atoms with E-state index in [-0.39, 0.29) is 23.5 Å². The van der Waals surface area contributed by atoms with E-state index < -0.39 is 7.12 Å². The first kappa shape index (κ1) is 14.1. The lowest BCUT2D eigenvalue weighted by Gasteiger charge is -2.32. The van der Waals surface area contributed by atoms with Crippen LogP contribution >= 0.6 is 0 Å². The van der Waals surface area contributed by atoms with Gasteiger partial charge in [0.15, 0.2) is 0 Å². The molecule has 1 aromatic rings. The number of hydrogen-bond acceptors (Lipinski definition) is 4. The van der Waals surface area contributed by atoms with Gasteiger partial charge in [-0.2, -0.15) is 5.10 Å². The van der Waals surface area contributed by atoms with Crippen LogP contribution < -0.4 is 11.2 Å². The van der Waals surface area contributed by atoms with Gasteiger partial charge in [-0.15, -0.1) is 0 Å². The minimum absolute atomic E-state index is 0.268. The molecule has 1 saturated heterocycles. The minimum atomic E-state index is -0.424. The van der Waals surface area contributed by atoms with Crippen molar-refractivity contribution < 1.29 is 14.1 Å². The average Bonchev–Trinajstić information content (AvgIpc) is 2.79. The standard InChI is InChI=1S/C12H20BN3O3/c1-11(2)12(3,4)19-13(18-11)9-7-15-16(8-9)6-5-10(14)17/h7-8H,5-6H2,1-4H3,(H2,14,17). The molecule has 0 aliphatic carbocycles. The lowest BCUT2D eigenvalue weighted by atomic mass is 9.82. The third-order valence-corrected chi connectivity index (χ3v) is 3.77. The van der Waals surface area contributed by atoms with Crippen LogP contribution in [-0.4, -0.2) is 34.0 Å². The number of nitrogens with two attached hydrogens (primary N) is 1. The van der Waals surface area contributed by atoms with Gasteiger partial charge in [-0.3, -0.25) is 9.48 Å². The quantitative estimate of drug-likeness (QED) is 0.780. The Bertz CT molecular complexity index is 468. The number of primary amides is 1. The fourth-order valence-electron chi connectivity index (χ4n) is 1.83. The summed E-state index contributed by atoms with van der Waals surface area (Å²) in [5.41, 5.74) is 5.22. The average molecular weight is 265 g/mol. The van der Waals surface area contributed by atoms with Crippen molar-refractivity contribution in [2.24, 2.45) is 5.73 Å². The van der Waals surface area contributed by atoms with Crippen LogP contribution in [-0.2, 0) is 20.6 Å². The first-order valence-electron chi connectivity index (χ1n) is 6.37. The van der Waals surface area contributed by atoms with E-state index >= 15 is 0 Å².